The standard InChI is InChI=1S/C20H20N6O3S/c1-13-6-7-15(29-3)11-16(13)24-20-23-12-14-8-10-26(18(14)25-20)19-17(5-4-9-22-19)30(27,28)21-2/h4-12,21H,1-3H3,(H,23,24,25). The Bertz CT molecular complexity index is 1330. The van der Waals surface area contributed by atoms with Crippen molar-refractivity contribution < 1.29 is 13.2 Å². The predicted octanol–water partition coefficient (Wildman–Crippen LogP) is 2.78. The lowest BCUT2D eigenvalue weighted by atomic mass is 10.2. The van der Waals surface area contributed by atoms with E-state index in [0.717, 1.165) is 16.6 Å². The normalized spacial score (nSPS) is 11.6. The number of aromatic nitrogens is 4. The van der Waals surface area contributed by atoms with Crippen molar-refractivity contribution in [3.05, 3.63) is 60.6 Å². The molecule has 0 bridgehead atoms. The molecule has 10 heteroatoms. The molecule has 0 aliphatic carbocycles. The van der Waals surface area contributed by atoms with Gasteiger partial charge in [-0.15, -0.1) is 0 Å². The van der Waals surface area contributed by atoms with E-state index in [1.807, 2.05) is 25.1 Å². The van der Waals surface area contributed by atoms with Crippen LogP contribution in [-0.2, 0) is 10.0 Å². The number of hydrogen-bond donors (Lipinski definition) is 2. The van der Waals surface area contributed by atoms with Crippen molar-refractivity contribution in [1.82, 2.24) is 24.2 Å². The van der Waals surface area contributed by atoms with Crippen LogP contribution in [0.2, 0.25) is 0 Å². The zero-order valence-corrected chi connectivity index (χ0v) is 17.4. The van der Waals surface area contributed by atoms with Crippen LogP contribution in [0.25, 0.3) is 16.9 Å². The molecule has 0 atom stereocenters. The fraction of sp³-hybridized carbons (Fsp3) is 0.150. The Hall–Kier alpha value is -3.50. The molecule has 4 aromatic rings. The molecule has 154 valence electrons. The number of aryl methyl sites for hydroxylation is 1. The zero-order valence-electron chi connectivity index (χ0n) is 16.6. The topological polar surface area (TPSA) is 111 Å². The number of sulfonamides is 1. The van der Waals surface area contributed by atoms with Gasteiger partial charge in [-0.2, -0.15) is 4.98 Å². The van der Waals surface area contributed by atoms with Crippen LogP contribution in [0.4, 0.5) is 11.6 Å². The van der Waals surface area contributed by atoms with Crippen LogP contribution in [0.5, 0.6) is 5.75 Å². The smallest absolute Gasteiger partial charge is 0.244 e. The van der Waals surface area contributed by atoms with Gasteiger partial charge in [0.15, 0.2) is 11.5 Å². The van der Waals surface area contributed by atoms with Gasteiger partial charge in [0.05, 0.1) is 7.11 Å². The van der Waals surface area contributed by atoms with Gasteiger partial charge < -0.3 is 10.1 Å². The summed E-state index contributed by atoms with van der Waals surface area (Å²) < 4.78 is 34.1. The third kappa shape index (κ3) is 3.58. The van der Waals surface area contributed by atoms with Gasteiger partial charge in [-0.25, -0.2) is 23.1 Å². The second kappa shape index (κ2) is 7.73. The Morgan fingerprint density at radius 3 is 2.73 bits per heavy atom. The van der Waals surface area contributed by atoms with Gasteiger partial charge >= 0.3 is 0 Å². The number of nitrogens with one attached hydrogen (secondary N) is 2. The monoisotopic (exact) mass is 424 g/mol. The molecule has 1 aromatic carbocycles. The summed E-state index contributed by atoms with van der Waals surface area (Å²) >= 11 is 0. The minimum absolute atomic E-state index is 0.0572. The third-order valence-corrected chi connectivity index (χ3v) is 6.09. The van der Waals surface area contributed by atoms with Crippen molar-refractivity contribution in [2.24, 2.45) is 0 Å². The Labute approximate surface area is 173 Å². The average molecular weight is 424 g/mol. The summed E-state index contributed by atoms with van der Waals surface area (Å²) in [5.41, 5.74) is 2.34. The first-order valence-electron chi connectivity index (χ1n) is 9.07. The molecular formula is C20H20N6O3S. The molecule has 0 unspecified atom stereocenters. The van der Waals surface area contributed by atoms with Crippen molar-refractivity contribution in [1.29, 1.82) is 0 Å². The highest BCUT2D eigenvalue weighted by atomic mass is 32.2. The van der Waals surface area contributed by atoms with Crippen LogP contribution in [-0.4, -0.2) is 42.1 Å². The van der Waals surface area contributed by atoms with Gasteiger partial charge in [-0.05, 0) is 43.8 Å². The van der Waals surface area contributed by atoms with Crippen molar-refractivity contribution in [3.8, 4) is 11.6 Å². The fourth-order valence-electron chi connectivity index (χ4n) is 3.02. The highest BCUT2D eigenvalue weighted by Crippen LogP contribution is 2.26. The summed E-state index contributed by atoms with van der Waals surface area (Å²) in [7, 11) is -0.735. The van der Waals surface area contributed by atoms with E-state index in [-0.39, 0.29) is 10.7 Å². The molecule has 4 rings (SSSR count). The largest absolute Gasteiger partial charge is 0.497 e. The van der Waals surface area contributed by atoms with Crippen molar-refractivity contribution in [3.63, 3.8) is 0 Å². The second-order valence-electron chi connectivity index (χ2n) is 6.50. The molecule has 0 fully saturated rings. The van der Waals surface area contributed by atoms with Gasteiger partial charge in [0.25, 0.3) is 0 Å². The van der Waals surface area contributed by atoms with E-state index in [2.05, 4.69) is 25.0 Å². The maximum Gasteiger partial charge on any atom is 0.244 e. The molecule has 3 aromatic heterocycles. The molecule has 30 heavy (non-hydrogen) atoms. The van der Waals surface area contributed by atoms with Crippen LogP contribution in [0.15, 0.2) is 59.9 Å². The van der Waals surface area contributed by atoms with Crippen molar-refractivity contribution in [2.75, 3.05) is 19.5 Å². The summed E-state index contributed by atoms with van der Waals surface area (Å²) in [5.74, 6) is 1.33. The van der Waals surface area contributed by atoms with E-state index in [1.165, 1.54) is 19.3 Å². The van der Waals surface area contributed by atoms with Crippen LogP contribution >= 0.6 is 0 Å². The van der Waals surface area contributed by atoms with E-state index in [4.69, 9.17) is 4.74 Å². The number of fused-ring (bicyclic) bond motifs is 1. The summed E-state index contributed by atoms with van der Waals surface area (Å²) in [5, 5.41) is 3.95. The van der Waals surface area contributed by atoms with Crippen LogP contribution in [0.1, 0.15) is 5.56 Å². The number of pyridine rings is 1. The molecule has 0 spiro atoms. The lowest BCUT2D eigenvalue weighted by Gasteiger charge is -2.12. The Morgan fingerprint density at radius 2 is 1.97 bits per heavy atom. The van der Waals surface area contributed by atoms with Crippen LogP contribution in [0, 0.1) is 6.92 Å². The highest BCUT2D eigenvalue weighted by molar-refractivity contribution is 7.89. The molecule has 0 saturated carbocycles. The van der Waals surface area contributed by atoms with Gasteiger partial charge in [0, 0.05) is 35.7 Å². The molecule has 0 amide bonds. The van der Waals surface area contributed by atoms with E-state index < -0.39 is 10.0 Å². The molecule has 0 aliphatic rings. The Morgan fingerprint density at radius 1 is 1.13 bits per heavy atom. The van der Waals surface area contributed by atoms with E-state index in [1.54, 1.807) is 36.2 Å². The first-order valence-corrected chi connectivity index (χ1v) is 10.6. The van der Waals surface area contributed by atoms with Crippen LogP contribution < -0.4 is 14.8 Å². The maximum atomic E-state index is 12.4. The van der Waals surface area contributed by atoms with Crippen LogP contribution in [0.3, 0.4) is 0 Å². The number of ether oxygens (including phenoxy) is 1. The number of nitrogens with zero attached hydrogens (tertiary/aromatic N) is 4. The maximum absolute atomic E-state index is 12.4. The predicted molar refractivity (Wildman–Crippen MR) is 114 cm³/mol. The summed E-state index contributed by atoms with van der Waals surface area (Å²) in [6.45, 7) is 1.96. The lowest BCUT2D eigenvalue weighted by Crippen LogP contribution is -2.21. The minimum Gasteiger partial charge on any atom is -0.497 e. The number of anilines is 2. The highest BCUT2D eigenvalue weighted by Gasteiger charge is 2.20. The molecular weight excluding hydrogens is 404 g/mol. The first kappa shape index (κ1) is 19.8. The lowest BCUT2D eigenvalue weighted by molar-refractivity contribution is 0.415. The fourth-order valence-corrected chi connectivity index (χ4v) is 3.88. The number of benzene rings is 1. The summed E-state index contributed by atoms with van der Waals surface area (Å²) in [4.78, 5) is 13.3. The Balaban J connectivity index is 1.81. The van der Waals surface area contributed by atoms with Gasteiger partial charge in [0.1, 0.15) is 10.6 Å². The quantitative estimate of drug-likeness (QED) is 0.490. The Kier molecular flexibility index (Phi) is 5.10. The van der Waals surface area contributed by atoms with E-state index in [9.17, 15) is 8.42 Å². The summed E-state index contributed by atoms with van der Waals surface area (Å²) in [6.07, 6.45) is 4.93. The van der Waals surface area contributed by atoms with E-state index >= 15 is 0 Å². The van der Waals surface area contributed by atoms with Crippen molar-refractivity contribution in [2.45, 2.75) is 11.8 Å². The number of rotatable bonds is 6. The SMILES string of the molecule is CNS(=O)(=O)c1cccnc1-n1ccc2cnc(Nc3cc(OC)ccc3C)nc21. The number of methoxy groups -OCH3 is 1. The van der Waals surface area contributed by atoms with Gasteiger partial charge in [0.2, 0.25) is 16.0 Å². The van der Waals surface area contributed by atoms with Gasteiger partial charge in [-0.1, -0.05) is 6.07 Å². The molecule has 3 heterocycles. The first-order chi connectivity index (χ1) is 14.4. The molecule has 0 aliphatic heterocycles. The minimum atomic E-state index is -3.70. The summed E-state index contributed by atoms with van der Waals surface area (Å²) in [6, 6.07) is 10.6. The zero-order chi connectivity index (χ0) is 21.3. The molecule has 0 radical (unpaired) electrons. The third-order valence-electron chi connectivity index (χ3n) is 4.66. The second-order valence-corrected chi connectivity index (χ2v) is 8.35. The average Bonchev–Trinajstić information content (AvgIpc) is 3.18. The molecule has 2 N–H and O–H groups in total. The molecule has 9 nitrogen and oxygen atoms in total. The van der Waals surface area contributed by atoms with Crippen molar-refractivity contribution >= 4 is 32.7 Å². The van der Waals surface area contributed by atoms with E-state index in [0.29, 0.717) is 17.3 Å². The molecule has 0 saturated heterocycles. The number of hydrogen-bond acceptors (Lipinski definition) is 7. The van der Waals surface area contributed by atoms with Gasteiger partial charge in [-0.3, -0.25) is 4.57 Å².